The third-order valence-corrected chi connectivity index (χ3v) is 5.61. The minimum absolute atomic E-state index is 0.000486. The van der Waals surface area contributed by atoms with Gasteiger partial charge < -0.3 is 15.0 Å². The first-order valence-electron chi connectivity index (χ1n) is 10.1. The van der Waals surface area contributed by atoms with Gasteiger partial charge in [-0.2, -0.15) is 18.3 Å². The van der Waals surface area contributed by atoms with Crippen molar-refractivity contribution in [3.05, 3.63) is 11.8 Å². The van der Waals surface area contributed by atoms with E-state index in [9.17, 15) is 22.8 Å². The number of esters is 1. The van der Waals surface area contributed by atoms with Crippen LogP contribution in [0.4, 0.5) is 19.0 Å². The number of anilines is 1. The molecule has 1 aromatic heterocycles. The average molecular weight is 416 g/mol. The van der Waals surface area contributed by atoms with Crippen molar-refractivity contribution in [3.8, 4) is 0 Å². The second kappa shape index (κ2) is 8.62. The highest BCUT2D eigenvalue weighted by Crippen LogP contribution is 2.42. The summed E-state index contributed by atoms with van der Waals surface area (Å²) in [5.74, 6) is -0.754. The van der Waals surface area contributed by atoms with E-state index in [1.54, 1.807) is 11.8 Å². The minimum atomic E-state index is -4.50. The summed E-state index contributed by atoms with van der Waals surface area (Å²) in [6, 6.07) is -2.34. The van der Waals surface area contributed by atoms with Crippen LogP contribution in [0.25, 0.3) is 0 Å². The Kier molecular flexibility index (Phi) is 6.38. The van der Waals surface area contributed by atoms with Gasteiger partial charge in [0.1, 0.15) is 11.4 Å². The molecule has 7 nitrogen and oxygen atoms in total. The zero-order valence-electron chi connectivity index (χ0n) is 16.7. The van der Waals surface area contributed by atoms with E-state index in [0.717, 1.165) is 30.1 Å². The van der Waals surface area contributed by atoms with Gasteiger partial charge in [-0.05, 0) is 38.5 Å². The molecule has 162 valence electrons. The van der Waals surface area contributed by atoms with Crippen molar-refractivity contribution in [2.75, 3.05) is 25.0 Å². The number of piperidine rings is 1. The molecule has 0 radical (unpaired) electrons. The molecule has 1 fully saturated rings. The molecule has 3 rings (SSSR count). The summed E-state index contributed by atoms with van der Waals surface area (Å²) in [5.41, 5.74) is 0.000486. The minimum Gasteiger partial charge on any atom is -0.462 e. The van der Waals surface area contributed by atoms with E-state index in [4.69, 9.17) is 4.74 Å². The first-order chi connectivity index (χ1) is 13.8. The summed E-state index contributed by atoms with van der Waals surface area (Å²) in [4.78, 5) is 26.2. The number of nitrogens with zero attached hydrogens (tertiary/aromatic N) is 3. The van der Waals surface area contributed by atoms with Gasteiger partial charge >= 0.3 is 12.1 Å². The van der Waals surface area contributed by atoms with Gasteiger partial charge in [0, 0.05) is 25.6 Å². The Morgan fingerprint density at radius 1 is 1.34 bits per heavy atom. The molecule has 0 aliphatic carbocycles. The molecule has 3 atom stereocenters. The van der Waals surface area contributed by atoms with Crippen LogP contribution in [0, 0.1) is 5.92 Å². The third kappa shape index (κ3) is 4.51. The van der Waals surface area contributed by atoms with E-state index in [1.165, 1.54) is 0 Å². The van der Waals surface area contributed by atoms with E-state index in [1.807, 2.05) is 6.92 Å². The molecule has 0 spiro atoms. The van der Waals surface area contributed by atoms with E-state index >= 15 is 0 Å². The Bertz CT molecular complexity index is 750. The second-order valence-electron chi connectivity index (χ2n) is 7.61. The fourth-order valence-electron chi connectivity index (χ4n) is 4.20. The maximum Gasteiger partial charge on any atom is 0.410 e. The zero-order valence-corrected chi connectivity index (χ0v) is 16.7. The summed E-state index contributed by atoms with van der Waals surface area (Å²) in [6.07, 6.45) is -0.921. The van der Waals surface area contributed by atoms with Gasteiger partial charge in [0.05, 0.1) is 12.8 Å². The smallest absolute Gasteiger partial charge is 0.410 e. The number of alkyl halides is 3. The summed E-state index contributed by atoms with van der Waals surface area (Å²) in [6.45, 7) is 4.73. The molecule has 3 heterocycles. The standard InChI is InChI=1S/C19H27F3N4O3/c1-3-6-16(27)25-8-5-7-12(11-25)14-9-15(19(20,21)22)26-17(24-14)13(10-23-26)18(28)29-4-2/h10,12,14-15,24H,3-9,11H2,1-2H3/t12?,14-,15+/m0/s1. The van der Waals surface area contributed by atoms with Crippen LogP contribution in [-0.4, -0.2) is 58.5 Å². The monoisotopic (exact) mass is 416 g/mol. The number of rotatable bonds is 5. The van der Waals surface area contributed by atoms with Crippen LogP contribution in [0.2, 0.25) is 0 Å². The van der Waals surface area contributed by atoms with Gasteiger partial charge in [-0.3, -0.25) is 4.79 Å². The highest BCUT2D eigenvalue weighted by Gasteiger charge is 2.48. The molecule has 1 N–H and O–H groups in total. The lowest BCUT2D eigenvalue weighted by Crippen LogP contribution is -2.49. The second-order valence-corrected chi connectivity index (χ2v) is 7.61. The predicted molar refractivity (Wildman–Crippen MR) is 99.5 cm³/mol. The lowest BCUT2D eigenvalue weighted by atomic mass is 9.85. The fraction of sp³-hybridized carbons (Fsp3) is 0.737. The van der Waals surface area contributed by atoms with Crippen LogP contribution >= 0.6 is 0 Å². The summed E-state index contributed by atoms with van der Waals surface area (Å²) in [5, 5.41) is 6.93. The molecule has 1 unspecified atom stereocenters. The van der Waals surface area contributed by atoms with E-state index in [-0.39, 0.29) is 36.2 Å². The quantitative estimate of drug-likeness (QED) is 0.745. The Labute approximate surface area is 167 Å². The summed E-state index contributed by atoms with van der Waals surface area (Å²) in [7, 11) is 0. The number of fused-ring (bicyclic) bond motifs is 1. The highest BCUT2D eigenvalue weighted by atomic mass is 19.4. The topological polar surface area (TPSA) is 76.5 Å². The molecular weight excluding hydrogens is 389 g/mol. The molecule has 10 heteroatoms. The zero-order chi connectivity index (χ0) is 21.2. The molecule has 29 heavy (non-hydrogen) atoms. The number of halogens is 3. The Balaban J connectivity index is 1.86. The summed E-state index contributed by atoms with van der Waals surface area (Å²) < 4.78 is 47.1. The Morgan fingerprint density at radius 2 is 2.10 bits per heavy atom. The van der Waals surface area contributed by atoms with Gasteiger partial charge in [0.2, 0.25) is 5.91 Å². The number of hydrogen-bond donors (Lipinski definition) is 1. The molecule has 0 saturated carbocycles. The van der Waals surface area contributed by atoms with Gasteiger partial charge in [-0.25, -0.2) is 9.48 Å². The number of hydrogen-bond acceptors (Lipinski definition) is 5. The average Bonchev–Trinajstić information content (AvgIpc) is 3.11. The van der Waals surface area contributed by atoms with Crippen LogP contribution in [0.3, 0.4) is 0 Å². The molecular formula is C19H27F3N4O3. The summed E-state index contributed by atoms with van der Waals surface area (Å²) >= 11 is 0. The number of carbonyl (C=O) groups excluding carboxylic acids is 2. The van der Waals surface area contributed by atoms with Crippen molar-refractivity contribution in [3.63, 3.8) is 0 Å². The van der Waals surface area contributed by atoms with Crippen molar-refractivity contribution in [2.45, 2.75) is 64.2 Å². The van der Waals surface area contributed by atoms with Crippen molar-refractivity contribution in [1.82, 2.24) is 14.7 Å². The van der Waals surface area contributed by atoms with E-state index < -0.39 is 24.2 Å². The predicted octanol–water partition coefficient (Wildman–Crippen LogP) is 3.39. The first kappa shape index (κ1) is 21.4. The maximum absolute atomic E-state index is 13.8. The molecule has 0 bridgehead atoms. The number of nitrogens with one attached hydrogen (secondary N) is 1. The van der Waals surface area contributed by atoms with Gasteiger partial charge in [0.25, 0.3) is 0 Å². The van der Waals surface area contributed by atoms with Gasteiger partial charge in [-0.1, -0.05) is 6.92 Å². The number of aromatic nitrogens is 2. The lowest BCUT2D eigenvalue weighted by molar-refractivity contribution is -0.175. The van der Waals surface area contributed by atoms with Crippen LogP contribution < -0.4 is 5.32 Å². The van der Waals surface area contributed by atoms with Crippen molar-refractivity contribution >= 4 is 17.7 Å². The molecule has 2 aliphatic rings. The van der Waals surface area contributed by atoms with Crippen LogP contribution in [0.15, 0.2) is 6.20 Å². The van der Waals surface area contributed by atoms with E-state index in [0.29, 0.717) is 19.5 Å². The fourth-order valence-corrected chi connectivity index (χ4v) is 4.20. The normalized spacial score (nSPS) is 24.6. The number of amides is 1. The SMILES string of the molecule is CCCC(=O)N1CCCC([C@@H]2C[C@H](C(F)(F)F)n3ncc(C(=O)OCC)c3N2)C1. The molecule has 2 aliphatic heterocycles. The largest absolute Gasteiger partial charge is 0.462 e. The van der Waals surface area contributed by atoms with E-state index in [2.05, 4.69) is 10.4 Å². The first-order valence-corrected chi connectivity index (χ1v) is 10.1. The van der Waals surface area contributed by atoms with Crippen LogP contribution in [0.5, 0.6) is 0 Å². The Hall–Kier alpha value is -2.26. The van der Waals surface area contributed by atoms with Crippen molar-refractivity contribution < 1.29 is 27.5 Å². The van der Waals surface area contributed by atoms with Crippen molar-refractivity contribution in [1.29, 1.82) is 0 Å². The maximum atomic E-state index is 13.8. The number of carbonyl (C=O) groups is 2. The molecule has 1 amide bonds. The number of likely N-dealkylation sites (tertiary alicyclic amines) is 1. The van der Waals surface area contributed by atoms with Gasteiger partial charge in [0.15, 0.2) is 6.04 Å². The number of ether oxygens (including phenoxy) is 1. The molecule has 1 saturated heterocycles. The Morgan fingerprint density at radius 3 is 2.76 bits per heavy atom. The highest BCUT2D eigenvalue weighted by molar-refractivity contribution is 5.94. The third-order valence-electron chi connectivity index (χ3n) is 5.61. The van der Waals surface area contributed by atoms with Crippen LogP contribution in [0.1, 0.15) is 62.4 Å². The van der Waals surface area contributed by atoms with Gasteiger partial charge in [-0.15, -0.1) is 0 Å². The molecule has 0 aromatic carbocycles. The van der Waals surface area contributed by atoms with Crippen LogP contribution in [-0.2, 0) is 9.53 Å². The lowest BCUT2D eigenvalue weighted by Gasteiger charge is -2.41. The molecule has 1 aromatic rings. The van der Waals surface area contributed by atoms with Crippen molar-refractivity contribution in [2.24, 2.45) is 5.92 Å².